The molecular formula is C15H20O4. The zero-order valence-electron chi connectivity index (χ0n) is 11.6. The highest BCUT2D eigenvalue weighted by Gasteiger charge is 2.14. The number of hydrogen-bond acceptors (Lipinski definition) is 4. The van der Waals surface area contributed by atoms with Crippen LogP contribution >= 0.6 is 0 Å². The molecule has 0 aliphatic carbocycles. The van der Waals surface area contributed by atoms with Crippen molar-refractivity contribution < 1.29 is 19.1 Å². The first-order valence-corrected chi connectivity index (χ1v) is 6.59. The summed E-state index contributed by atoms with van der Waals surface area (Å²) >= 11 is 0. The van der Waals surface area contributed by atoms with Gasteiger partial charge in [0.05, 0.1) is 5.92 Å². The van der Waals surface area contributed by atoms with Gasteiger partial charge < -0.3 is 9.47 Å². The van der Waals surface area contributed by atoms with Crippen molar-refractivity contribution in [3.05, 3.63) is 24.3 Å². The topological polar surface area (TPSA) is 52.6 Å². The van der Waals surface area contributed by atoms with Gasteiger partial charge in [0.25, 0.3) is 0 Å². The summed E-state index contributed by atoms with van der Waals surface area (Å²) in [7, 11) is 0. The minimum absolute atomic E-state index is 0.109. The van der Waals surface area contributed by atoms with Gasteiger partial charge in [-0.1, -0.05) is 27.2 Å². The van der Waals surface area contributed by atoms with Crippen LogP contribution in [0.3, 0.4) is 0 Å². The number of hydrogen-bond donors (Lipinski definition) is 0. The van der Waals surface area contributed by atoms with Gasteiger partial charge in [-0.25, -0.2) is 0 Å². The van der Waals surface area contributed by atoms with E-state index in [9.17, 15) is 9.59 Å². The highest BCUT2D eigenvalue weighted by Crippen LogP contribution is 2.19. The van der Waals surface area contributed by atoms with E-state index in [1.807, 2.05) is 13.8 Å². The van der Waals surface area contributed by atoms with E-state index >= 15 is 0 Å². The van der Waals surface area contributed by atoms with Crippen LogP contribution in [0.4, 0.5) is 0 Å². The maximum Gasteiger partial charge on any atom is 0.314 e. The Bertz CT molecular complexity index is 422. The van der Waals surface area contributed by atoms with E-state index in [-0.39, 0.29) is 17.9 Å². The van der Waals surface area contributed by atoms with E-state index in [1.54, 1.807) is 31.2 Å². The molecule has 0 aliphatic rings. The molecule has 4 nitrogen and oxygen atoms in total. The summed E-state index contributed by atoms with van der Waals surface area (Å²) in [5.41, 5.74) is 0. The normalized spacial score (nSPS) is 11.7. The van der Waals surface area contributed by atoms with Crippen LogP contribution < -0.4 is 9.47 Å². The molecule has 0 saturated heterocycles. The van der Waals surface area contributed by atoms with Crippen LogP contribution in [0, 0.1) is 5.92 Å². The Labute approximate surface area is 113 Å². The molecule has 104 valence electrons. The zero-order valence-corrected chi connectivity index (χ0v) is 11.6. The fourth-order valence-corrected chi connectivity index (χ4v) is 1.55. The van der Waals surface area contributed by atoms with Gasteiger partial charge in [-0.2, -0.15) is 0 Å². The van der Waals surface area contributed by atoms with Crippen LogP contribution in [-0.2, 0) is 9.59 Å². The minimum atomic E-state index is -0.290. The van der Waals surface area contributed by atoms with Crippen molar-refractivity contribution in [1.82, 2.24) is 0 Å². The molecule has 0 radical (unpaired) electrons. The van der Waals surface area contributed by atoms with Crippen molar-refractivity contribution in [2.24, 2.45) is 5.92 Å². The number of ether oxygens (including phenoxy) is 2. The molecule has 0 amide bonds. The maximum absolute atomic E-state index is 11.7. The standard InChI is InChI=1S/C15H20O4/c1-4-6-11(3)15(17)19-13-9-7-12(8-10-13)18-14(16)5-2/h7-11H,4-6H2,1-3H3. The number of carbonyl (C=O) groups excluding carboxylic acids is 2. The molecule has 0 heterocycles. The Morgan fingerprint density at radius 2 is 1.58 bits per heavy atom. The third-order valence-corrected chi connectivity index (χ3v) is 2.69. The highest BCUT2D eigenvalue weighted by molar-refractivity contribution is 5.75. The molecule has 0 aromatic heterocycles. The predicted molar refractivity (Wildman–Crippen MR) is 72.1 cm³/mol. The van der Waals surface area contributed by atoms with Gasteiger partial charge in [-0.15, -0.1) is 0 Å². The third kappa shape index (κ3) is 5.12. The molecule has 1 aromatic rings. The van der Waals surface area contributed by atoms with E-state index in [0.29, 0.717) is 17.9 Å². The average Bonchev–Trinajstić information content (AvgIpc) is 2.41. The number of benzene rings is 1. The summed E-state index contributed by atoms with van der Waals surface area (Å²) in [6.45, 7) is 5.61. The summed E-state index contributed by atoms with van der Waals surface area (Å²) < 4.78 is 10.3. The second-order valence-electron chi connectivity index (χ2n) is 4.41. The number of carbonyl (C=O) groups is 2. The van der Waals surface area contributed by atoms with Crippen molar-refractivity contribution >= 4 is 11.9 Å². The Hall–Kier alpha value is -1.84. The van der Waals surface area contributed by atoms with Crippen LogP contribution in [0.2, 0.25) is 0 Å². The second-order valence-corrected chi connectivity index (χ2v) is 4.41. The van der Waals surface area contributed by atoms with Gasteiger partial charge in [0.15, 0.2) is 0 Å². The summed E-state index contributed by atoms with van der Waals surface area (Å²) in [4.78, 5) is 22.8. The van der Waals surface area contributed by atoms with Crippen molar-refractivity contribution in [1.29, 1.82) is 0 Å². The Kier molecular flexibility index (Phi) is 6.06. The third-order valence-electron chi connectivity index (χ3n) is 2.69. The molecule has 19 heavy (non-hydrogen) atoms. The lowest BCUT2D eigenvalue weighted by atomic mass is 10.1. The lowest BCUT2D eigenvalue weighted by Gasteiger charge is -2.10. The smallest absolute Gasteiger partial charge is 0.314 e. The van der Waals surface area contributed by atoms with E-state index in [2.05, 4.69) is 0 Å². The quantitative estimate of drug-likeness (QED) is 0.584. The van der Waals surface area contributed by atoms with E-state index in [4.69, 9.17) is 9.47 Å². The summed E-state index contributed by atoms with van der Waals surface area (Å²) in [6, 6.07) is 6.46. The summed E-state index contributed by atoms with van der Waals surface area (Å²) in [6.07, 6.45) is 2.08. The first-order chi connectivity index (χ1) is 9.06. The molecule has 0 bridgehead atoms. The molecule has 0 aliphatic heterocycles. The maximum atomic E-state index is 11.7. The van der Waals surface area contributed by atoms with Gasteiger partial charge in [-0.05, 0) is 30.7 Å². The first kappa shape index (κ1) is 15.2. The largest absolute Gasteiger partial charge is 0.427 e. The minimum Gasteiger partial charge on any atom is -0.427 e. The van der Waals surface area contributed by atoms with E-state index in [1.165, 1.54) is 0 Å². The number of esters is 2. The van der Waals surface area contributed by atoms with Gasteiger partial charge in [0, 0.05) is 6.42 Å². The molecule has 0 N–H and O–H groups in total. The predicted octanol–water partition coefficient (Wildman–Crippen LogP) is 3.34. The molecule has 1 atom stereocenters. The molecule has 4 heteroatoms. The monoisotopic (exact) mass is 264 g/mol. The second kappa shape index (κ2) is 7.56. The highest BCUT2D eigenvalue weighted by atomic mass is 16.5. The van der Waals surface area contributed by atoms with E-state index in [0.717, 1.165) is 12.8 Å². The fraction of sp³-hybridized carbons (Fsp3) is 0.467. The van der Waals surface area contributed by atoms with Crippen molar-refractivity contribution in [3.63, 3.8) is 0 Å². The van der Waals surface area contributed by atoms with Crippen LogP contribution in [0.5, 0.6) is 11.5 Å². The van der Waals surface area contributed by atoms with Crippen LogP contribution in [-0.4, -0.2) is 11.9 Å². The molecule has 1 rings (SSSR count). The molecule has 0 fully saturated rings. The average molecular weight is 264 g/mol. The molecule has 0 saturated carbocycles. The van der Waals surface area contributed by atoms with Gasteiger partial charge >= 0.3 is 11.9 Å². The lowest BCUT2D eigenvalue weighted by Crippen LogP contribution is -2.17. The van der Waals surface area contributed by atoms with Gasteiger partial charge in [0.2, 0.25) is 0 Å². The van der Waals surface area contributed by atoms with Gasteiger partial charge in [-0.3, -0.25) is 9.59 Å². The summed E-state index contributed by atoms with van der Waals surface area (Å²) in [5.74, 6) is 0.279. The number of rotatable bonds is 6. The van der Waals surface area contributed by atoms with Crippen LogP contribution in [0.1, 0.15) is 40.0 Å². The van der Waals surface area contributed by atoms with E-state index < -0.39 is 0 Å². The first-order valence-electron chi connectivity index (χ1n) is 6.59. The molecule has 0 spiro atoms. The lowest BCUT2D eigenvalue weighted by molar-refractivity contribution is -0.138. The molecule has 1 aromatic carbocycles. The fourth-order valence-electron chi connectivity index (χ4n) is 1.55. The van der Waals surface area contributed by atoms with Crippen molar-refractivity contribution in [2.75, 3.05) is 0 Å². The zero-order chi connectivity index (χ0) is 14.3. The van der Waals surface area contributed by atoms with Crippen LogP contribution in [0.15, 0.2) is 24.3 Å². The molecule has 1 unspecified atom stereocenters. The summed E-state index contributed by atoms with van der Waals surface area (Å²) in [5, 5.41) is 0. The van der Waals surface area contributed by atoms with Gasteiger partial charge in [0.1, 0.15) is 11.5 Å². The van der Waals surface area contributed by atoms with Crippen molar-refractivity contribution in [3.8, 4) is 11.5 Å². The Morgan fingerprint density at radius 1 is 1.05 bits per heavy atom. The molecular weight excluding hydrogens is 244 g/mol. The van der Waals surface area contributed by atoms with Crippen LogP contribution in [0.25, 0.3) is 0 Å². The van der Waals surface area contributed by atoms with Crippen molar-refractivity contribution in [2.45, 2.75) is 40.0 Å². The Morgan fingerprint density at radius 3 is 2.05 bits per heavy atom. The SMILES string of the molecule is CCCC(C)C(=O)Oc1ccc(OC(=O)CC)cc1. The Balaban J connectivity index is 2.57.